The van der Waals surface area contributed by atoms with Crippen LogP contribution in [0.4, 0.5) is 6.01 Å². The monoisotopic (exact) mass is 414 g/mol. The quantitative estimate of drug-likeness (QED) is 0.550. The van der Waals surface area contributed by atoms with E-state index in [0.717, 1.165) is 23.9 Å². The van der Waals surface area contributed by atoms with Crippen LogP contribution in [0.2, 0.25) is 0 Å². The van der Waals surface area contributed by atoms with Gasteiger partial charge >= 0.3 is 0 Å². The van der Waals surface area contributed by atoms with Crippen LogP contribution in [0.25, 0.3) is 16.8 Å². The molecule has 2 aromatic carbocycles. The Hall–Kier alpha value is -3.68. The first-order valence-electron chi connectivity index (χ1n) is 10.6. The summed E-state index contributed by atoms with van der Waals surface area (Å²) in [4.78, 5) is 21.8. The van der Waals surface area contributed by atoms with Gasteiger partial charge in [-0.2, -0.15) is 20.0 Å². The van der Waals surface area contributed by atoms with Crippen LogP contribution in [0.5, 0.6) is 0 Å². The third-order valence-corrected chi connectivity index (χ3v) is 6.65. The van der Waals surface area contributed by atoms with Gasteiger partial charge in [-0.05, 0) is 49.9 Å². The molecular weight excluding hydrogens is 392 g/mol. The second-order valence-corrected chi connectivity index (χ2v) is 8.33. The Morgan fingerprint density at radius 3 is 2.65 bits per heavy atom. The van der Waals surface area contributed by atoms with Gasteiger partial charge in [-0.25, -0.2) is 0 Å². The predicted molar refractivity (Wildman–Crippen MR) is 115 cm³/mol. The lowest BCUT2D eigenvalue weighted by Gasteiger charge is -2.38. The maximum Gasteiger partial charge on any atom is 0.295 e. The zero-order valence-corrected chi connectivity index (χ0v) is 17.0. The fraction of sp³-hybridized carbons (Fsp3) is 0.304. The molecule has 31 heavy (non-hydrogen) atoms. The fourth-order valence-corrected chi connectivity index (χ4v) is 5.18. The Morgan fingerprint density at radius 2 is 1.84 bits per heavy atom. The Balaban J connectivity index is 1.29. The molecule has 2 bridgehead atoms. The van der Waals surface area contributed by atoms with Gasteiger partial charge in [0.15, 0.2) is 5.58 Å². The summed E-state index contributed by atoms with van der Waals surface area (Å²) in [6, 6.07) is 16.1. The number of hydrogen-bond acceptors (Lipinski definition) is 6. The van der Waals surface area contributed by atoms with E-state index >= 15 is 0 Å². The number of carbonyl (C=O) groups is 1. The van der Waals surface area contributed by atoms with Crippen molar-refractivity contribution in [3.8, 4) is 5.69 Å². The molecule has 1 amide bonds. The number of para-hydroxylation sites is 3. The largest absolute Gasteiger partial charge is 0.424 e. The summed E-state index contributed by atoms with van der Waals surface area (Å²) >= 11 is 0. The molecule has 0 unspecified atom stereocenters. The van der Waals surface area contributed by atoms with Crippen molar-refractivity contribution in [1.29, 1.82) is 0 Å². The van der Waals surface area contributed by atoms with Crippen molar-refractivity contribution in [3.05, 3.63) is 66.5 Å². The van der Waals surface area contributed by atoms with E-state index in [-0.39, 0.29) is 24.0 Å². The number of rotatable bonds is 4. The minimum absolute atomic E-state index is 0.0111. The molecule has 1 saturated heterocycles. The fourth-order valence-electron chi connectivity index (χ4n) is 5.18. The standard InChI is InChI=1S/C23H22N6O2/c1-14-15-12-18(27-23-26-17-7-3-5-9-21(17)31-23)20(13-15)28(14)22(30)16-6-2-4-8-19(16)29-24-10-11-25-29/h2-11,14-15,18,20H,12-13H2,1H3,(H,26,27)/t14-,15-,18-,20+/m1/s1. The van der Waals surface area contributed by atoms with Gasteiger partial charge in [0.25, 0.3) is 11.9 Å². The number of benzene rings is 2. The van der Waals surface area contributed by atoms with Gasteiger partial charge in [-0.15, -0.1) is 0 Å². The van der Waals surface area contributed by atoms with Gasteiger partial charge in [0.2, 0.25) is 0 Å². The molecule has 4 atom stereocenters. The summed E-state index contributed by atoms with van der Waals surface area (Å²) < 4.78 is 5.87. The minimum atomic E-state index is 0.0111. The maximum atomic E-state index is 13.7. The second-order valence-electron chi connectivity index (χ2n) is 8.33. The molecule has 2 aromatic heterocycles. The molecule has 0 radical (unpaired) electrons. The number of fused-ring (bicyclic) bond motifs is 3. The summed E-state index contributed by atoms with van der Waals surface area (Å²) in [5.74, 6) is 0.461. The molecule has 3 heterocycles. The SMILES string of the molecule is C[C@@H]1[C@@H]2C[C@@H](Nc3nc4ccccc4o3)[C@H](C2)N1C(=O)c1ccccc1-n1nccn1. The van der Waals surface area contributed by atoms with Crippen molar-refractivity contribution in [2.24, 2.45) is 5.92 Å². The number of nitrogens with zero attached hydrogens (tertiary/aromatic N) is 5. The highest BCUT2D eigenvalue weighted by molar-refractivity contribution is 5.98. The van der Waals surface area contributed by atoms with Crippen LogP contribution in [0.15, 0.2) is 65.3 Å². The molecular formula is C23H22N6O2. The van der Waals surface area contributed by atoms with Gasteiger partial charge in [0.05, 0.1) is 35.7 Å². The van der Waals surface area contributed by atoms with E-state index in [1.165, 1.54) is 4.80 Å². The highest BCUT2D eigenvalue weighted by atomic mass is 16.4. The van der Waals surface area contributed by atoms with Gasteiger partial charge in [0, 0.05) is 6.04 Å². The molecule has 2 aliphatic rings. The van der Waals surface area contributed by atoms with Crippen LogP contribution in [0, 0.1) is 5.92 Å². The highest BCUT2D eigenvalue weighted by Gasteiger charge is 2.52. The molecule has 6 rings (SSSR count). The van der Waals surface area contributed by atoms with Crippen molar-refractivity contribution in [1.82, 2.24) is 24.9 Å². The Morgan fingerprint density at radius 1 is 1.06 bits per heavy atom. The number of aromatic nitrogens is 4. The number of nitrogens with one attached hydrogen (secondary N) is 1. The lowest BCUT2D eigenvalue weighted by atomic mass is 9.97. The number of hydrogen-bond donors (Lipinski definition) is 1. The molecule has 156 valence electrons. The Kier molecular flexibility index (Phi) is 4.05. The first kappa shape index (κ1) is 18.1. The van der Waals surface area contributed by atoms with Crippen molar-refractivity contribution >= 4 is 23.0 Å². The van der Waals surface area contributed by atoms with Gasteiger partial charge in [-0.1, -0.05) is 24.3 Å². The zero-order valence-electron chi connectivity index (χ0n) is 17.0. The van der Waals surface area contributed by atoms with Gasteiger partial charge < -0.3 is 14.6 Å². The lowest BCUT2D eigenvalue weighted by molar-refractivity contribution is 0.0597. The topological polar surface area (TPSA) is 89.1 Å². The lowest BCUT2D eigenvalue weighted by Crippen LogP contribution is -2.51. The van der Waals surface area contributed by atoms with Crippen LogP contribution in [0.3, 0.4) is 0 Å². The van der Waals surface area contributed by atoms with Crippen LogP contribution < -0.4 is 5.32 Å². The average molecular weight is 414 g/mol. The average Bonchev–Trinajstić information content (AvgIpc) is 3.57. The molecule has 1 N–H and O–H groups in total. The summed E-state index contributed by atoms with van der Waals surface area (Å²) in [5.41, 5.74) is 2.89. The molecule has 1 saturated carbocycles. The number of carbonyl (C=O) groups excluding carboxylic acids is 1. The molecule has 2 fully saturated rings. The van der Waals surface area contributed by atoms with Crippen molar-refractivity contribution in [3.63, 3.8) is 0 Å². The number of piperidine rings is 1. The van der Waals surface area contributed by atoms with E-state index in [9.17, 15) is 4.79 Å². The number of oxazole rings is 1. The summed E-state index contributed by atoms with van der Waals surface area (Å²) in [6.45, 7) is 2.15. The Bertz CT molecular complexity index is 1220. The third kappa shape index (κ3) is 2.90. The van der Waals surface area contributed by atoms with Gasteiger partial charge in [0.1, 0.15) is 5.52 Å². The maximum absolute atomic E-state index is 13.7. The van der Waals surface area contributed by atoms with E-state index in [0.29, 0.717) is 23.2 Å². The normalized spacial score (nSPS) is 24.7. The first-order chi connectivity index (χ1) is 15.2. The van der Waals surface area contributed by atoms with Crippen molar-refractivity contribution in [2.75, 3.05) is 5.32 Å². The zero-order chi connectivity index (χ0) is 20.9. The second kappa shape index (κ2) is 6.94. The third-order valence-electron chi connectivity index (χ3n) is 6.65. The molecule has 1 aliphatic carbocycles. The van der Waals surface area contributed by atoms with Gasteiger partial charge in [-0.3, -0.25) is 4.79 Å². The van der Waals surface area contributed by atoms with Crippen molar-refractivity contribution in [2.45, 2.75) is 37.9 Å². The summed E-state index contributed by atoms with van der Waals surface area (Å²) in [5, 5.41) is 11.9. The molecule has 0 spiro atoms. The van der Waals surface area contributed by atoms with E-state index in [4.69, 9.17) is 4.42 Å². The molecule has 4 aromatic rings. The highest BCUT2D eigenvalue weighted by Crippen LogP contribution is 2.44. The summed E-state index contributed by atoms with van der Waals surface area (Å²) in [6.07, 6.45) is 5.20. The van der Waals surface area contributed by atoms with Crippen LogP contribution in [-0.2, 0) is 0 Å². The van der Waals surface area contributed by atoms with E-state index in [2.05, 4.69) is 27.4 Å². The minimum Gasteiger partial charge on any atom is -0.424 e. The smallest absolute Gasteiger partial charge is 0.295 e. The number of anilines is 1. The van der Waals surface area contributed by atoms with Crippen LogP contribution >= 0.6 is 0 Å². The molecule has 8 nitrogen and oxygen atoms in total. The summed E-state index contributed by atoms with van der Waals surface area (Å²) in [7, 11) is 0. The Labute approximate surface area is 178 Å². The van der Waals surface area contributed by atoms with E-state index in [1.54, 1.807) is 12.4 Å². The van der Waals surface area contributed by atoms with Crippen LogP contribution in [-0.4, -0.2) is 48.9 Å². The van der Waals surface area contributed by atoms with E-state index < -0.39 is 0 Å². The van der Waals surface area contributed by atoms with Crippen LogP contribution in [0.1, 0.15) is 30.1 Å². The molecule has 1 aliphatic heterocycles. The number of likely N-dealkylation sites (tertiary alicyclic amines) is 1. The van der Waals surface area contributed by atoms with E-state index in [1.807, 2.05) is 53.4 Å². The number of amides is 1. The van der Waals surface area contributed by atoms with Crippen molar-refractivity contribution < 1.29 is 9.21 Å². The predicted octanol–water partition coefficient (Wildman–Crippen LogP) is 3.51. The molecule has 8 heteroatoms. The first-order valence-corrected chi connectivity index (χ1v) is 10.6.